The summed E-state index contributed by atoms with van der Waals surface area (Å²) in [6.45, 7) is 1.51. The van der Waals surface area contributed by atoms with Crippen LogP contribution in [-0.4, -0.2) is 52.0 Å². The van der Waals surface area contributed by atoms with Gasteiger partial charge < -0.3 is 4.90 Å². The number of likely N-dealkylation sites (N-methyl/N-ethyl adjacent to an activating group) is 1. The Labute approximate surface area is 121 Å². The van der Waals surface area contributed by atoms with Gasteiger partial charge in [0.25, 0.3) is 0 Å². The van der Waals surface area contributed by atoms with Gasteiger partial charge in [-0.15, -0.1) is 0 Å². The quantitative estimate of drug-likeness (QED) is 0.470. The molecule has 0 N–H and O–H groups in total. The van der Waals surface area contributed by atoms with Crippen LogP contribution < -0.4 is 4.90 Å². The Morgan fingerprint density at radius 3 is 2.90 bits per heavy atom. The van der Waals surface area contributed by atoms with Crippen molar-refractivity contribution in [1.82, 2.24) is 14.9 Å². The van der Waals surface area contributed by atoms with E-state index < -0.39 is 4.92 Å². The summed E-state index contributed by atoms with van der Waals surface area (Å²) in [4.78, 5) is 22.9. The molecule has 1 aromatic rings. The monoisotopic (exact) mass is 297 g/mol. The maximum Gasteiger partial charge on any atom is 0.329 e. The molecular weight excluding hydrogens is 282 g/mol. The molecule has 2 aliphatic heterocycles. The molecule has 1 aromatic heterocycles. The largest absolute Gasteiger partial charge is 0.349 e. The van der Waals surface area contributed by atoms with E-state index in [4.69, 9.17) is 11.6 Å². The molecule has 3 heterocycles. The SMILES string of the molecule is CN1C2CCC1CN(c1nc(Cl)ncc1[N+](=O)[O-])CC2. The van der Waals surface area contributed by atoms with E-state index in [0.29, 0.717) is 17.9 Å². The standard InChI is InChI=1S/C12H16ClN5O2/c1-16-8-2-3-9(16)7-17(5-4-8)11-10(18(19)20)6-14-12(13)15-11/h6,8-9H,2-5,7H2,1H3. The van der Waals surface area contributed by atoms with Gasteiger partial charge in [-0.1, -0.05) is 0 Å². The van der Waals surface area contributed by atoms with Gasteiger partial charge >= 0.3 is 5.69 Å². The summed E-state index contributed by atoms with van der Waals surface area (Å²) in [6.07, 6.45) is 4.52. The Balaban J connectivity index is 1.93. The molecule has 2 saturated heterocycles. The van der Waals surface area contributed by atoms with E-state index in [0.717, 1.165) is 25.9 Å². The van der Waals surface area contributed by atoms with Crippen LogP contribution in [-0.2, 0) is 0 Å². The lowest BCUT2D eigenvalue weighted by molar-refractivity contribution is -0.384. The molecule has 7 nitrogen and oxygen atoms in total. The van der Waals surface area contributed by atoms with Crippen molar-refractivity contribution in [2.24, 2.45) is 0 Å². The number of aromatic nitrogens is 2. The van der Waals surface area contributed by atoms with Crippen LogP contribution in [0.1, 0.15) is 19.3 Å². The molecule has 0 aliphatic carbocycles. The molecule has 0 amide bonds. The fourth-order valence-electron chi connectivity index (χ4n) is 3.21. The predicted molar refractivity (Wildman–Crippen MR) is 75.1 cm³/mol. The Bertz CT molecular complexity index is 541. The lowest BCUT2D eigenvalue weighted by atomic mass is 10.1. The minimum atomic E-state index is -0.446. The van der Waals surface area contributed by atoms with Gasteiger partial charge in [-0.05, 0) is 37.9 Å². The van der Waals surface area contributed by atoms with Gasteiger partial charge in [0.1, 0.15) is 6.20 Å². The first-order chi connectivity index (χ1) is 9.56. The molecular formula is C12H16ClN5O2. The van der Waals surface area contributed by atoms with Crippen LogP contribution in [0.4, 0.5) is 11.5 Å². The van der Waals surface area contributed by atoms with Crippen LogP contribution in [0.15, 0.2) is 6.20 Å². The van der Waals surface area contributed by atoms with E-state index in [2.05, 4.69) is 21.9 Å². The van der Waals surface area contributed by atoms with E-state index in [1.165, 1.54) is 12.6 Å². The molecule has 0 saturated carbocycles. The van der Waals surface area contributed by atoms with Gasteiger partial charge in [-0.2, -0.15) is 4.98 Å². The third-order valence-electron chi connectivity index (χ3n) is 4.37. The number of fused-ring (bicyclic) bond motifs is 2. The van der Waals surface area contributed by atoms with Crippen molar-refractivity contribution >= 4 is 23.1 Å². The lowest BCUT2D eigenvalue weighted by Gasteiger charge is -2.26. The highest BCUT2D eigenvalue weighted by atomic mass is 35.5. The summed E-state index contributed by atoms with van der Waals surface area (Å²) < 4.78 is 0. The maximum atomic E-state index is 11.1. The molecule has 8 heteroatoms. The normalized spacial score (nSPS) is 26.6. The minimum Gasteiger partial charge on any atom is -0.349 e. The zero-order valence-corrected chi connectivity index (χ0v) is 12.0. The predicted octanol–water partition coefficient (Wildman–Crippen LogP) is 1.71. The van der Waals surface area contributed by atoms with Crippen molar-refractivity contribution in [1.29, 1.82) is 0 Å². The summed E-state index contributed by atoms with van der Waals surface area (Å²) in [7, 11) is 2.13. The summed E-state index contributed by atoms with van der Waals surface area (Å²) in [5.41, 5.74) is -0.0742. The molecule has 0 aromatic carbocycles. The van der Waals surface area contributed by atoms with Crippen molar-refractivity contribution in [2.75, 3.05) is 25.0 Å². The zero-order chi connectivity index (χ0) is 14.3. The maximum absolute atomic E-state index is 11.1. The van der Waals surface area contributed by atoms with Crippen LogP contribution in [0.3, 0.4) is 0 Å². The van der Waals surface area contributed by atoms with Gasteiger partial charge in [-0.25, -0.2) is 4.98 Å². The molecule has 2 aliphatic rings. The molecule has 108 valence electrons. The molecule has 0 radical (unpaired) electrons. The van der Waals surface area contributed by atoms with E-state index >= 15 is 0 Å². The van der Waals surface area contributed by atoms with E-state index in [-0.39, 0.29) is 11.0 Å². The summed E-state index contributed by atoms with van der Waals surface area (Å²) in [6, 6.07) is 0.997. The first-order valence-electron chi connectivity index (χ1n) is 6.70. The van der Waals surface area contributed by atoms with E-state index in [1.54, 1.807) is 0 Å². The smallest absolute Gasteiger partial charge is 0.329 e. The van der Waals surface area contributed by atoms with Gasteiger partial charge in [0.2, 0.25) is 11.1 Å². The number of hydrogen-bond acceptors (Lipinski definition) is 6. The number of hydrogen-bond donors (Lipinski definition) is 0. The van der Waals surface area contributed by atoms with E-state index in [9.17, 15) is 10.1 Å². The molecule has 2 atom stereocenters. The lowest BCUT2D eigenvalue weighted by Crippen LogP contribution is -2.37. The Kier molecular flexibility index (Phi) is 3.47. The minimum absolute atomic E-state index is 0.0494. The van der Waals surface area contributed by atoms with Gasteiger partial charge in [0, 0.05) is 25.2 Å². The van der Waals surface area contributed by atoms with Crippen LogP contribution in [0, 0.1) is 10.1 Å². The van der Waals surface area contributed by atoms with Crippen molar-refractivity contribution in [3.63, 3.8) is 0 Å². The Morgan fingerprint density at radius 2 is 2.15 bits per heavy atom. The van der Waals surface area contributed by atoms with Crippen molar-refractivity contribution < 1.29 is 4.92 Å². The first kappa shape index (κ1) is 13.5. The summed E-state index contributed by atoms with van der Waals surface area (Å²) in [5.74, 6) is 0.343. The van der Waals surface area contributed by atoms with Crippen molar-refractivity contribution in [2.45, 2.75) is 31.3 Å². The Morgan fingerprint density at radius 1 is 1.40 bits per heavy atom. The molecule has 20 heavy (non-hydrogen) atoms. The molecule has 2 bridgehead atoms. The summed E-state index contributed by atoms with van der Waals surface area (Å²) in [5, 5.41) is 11.2. The van der Waals surface area contributed by atoms with Crippen molar-refractivity contribution in [3.05, 3.63) is 21.6 Å². The first-order valence-corrected chi connectivity index (χ1v) is 7.08. The van der Waals surface area contributed by atoms with Gasteiger partial charge in [0.05, 0.1) is 4.92 Å². The van der Waals surface area contributed by atoms with Gasteiger partial charge in [-0.3, -0.25) is 15.0 Å². The number of nitrogens with zero attached hydrogens (tertiary/aromatic N) is 5. The molecule has 3 rings (SSSR count). The van der Waals surface area contributed by atoms with Crippen LogP contribution in [0.25, 0.3) is 0 Å². The summed E-state index contributed by atoms with van der Waals surface area (Å²) >= 11 is 5.81. The highest BCUT2D eigenvalue weighted by Gasteiger charge is 2.36. The third-order valence-corrected chi connectivity index (χ3v) is 4.55. The van der Waals surface area contributed by atoms with Crippen LogP contribution in [0.5, 0.6) is 0 Å². The number of nitro groups is 1. The second-order valence-electron chi connectivity index (χ2n) is 5.39. The fourth-order valence-corrected chi connectivity index (χ4v) is 3.34. The fraction of sp³-hybridized carbons (Fsp3) is 0.667. The molecule has 2 fully saturated rings. The second-order valence-corrected chi connectivity index (χ2v) is 5.73. The second kappa shape index (κ2) is 5.14. The van der Waals surface area contributed by atoms with Gasteiger partial charge in [0.15, 0.2) is 0 Å². The number of halogens is 1. The van der Waals surface area contributed by atoms with Crippen LogP contribution >= 0.6 is 11.6 Å². The van der Waals surface area contributed by atoms with E-state index in [1.807, 2.05) is 4.90 Å². The highest BCUT2D eigenvalue weighted by Crippen LogP contribution is 2.33. The Hall–Kier alpha value is -1.47. The molecule has 0 spiro atoms. The highest BCUT2D eigenvalue weighted by molar-refractivity contribution is 6.28. The molecule has 2 unspecified atom stereocenters. The number of anilines is 1. The average Bonchev–Trinajstić information content (AvgIpc) is 2.62. The zero-order valence-electron chi connectivity index (χ0n) is 11.2. The average molecular weight is 298 g/mol. The van der Waals surface area contributed by atoms with Crippen LogP contribution in [0.2, 0.25) is 5.28 Å². The van der Waals surface area contributed by atoms with Crippen molar-refractivity contribution in [3.8, 4) is 0 Å². The third kappa shape index (κ3) is 2.31. The topological polar surface area (TPSA) is 75.4 Å². The number of rotatable bonds is 2.